The first-order valence-corrected chi connectivity index (χ1v) is 5.75. The molecule has 1 saturated carbocycles. The maximum atomic E-state index is 12.1. The topological polar surface area (TPSA) is 12.0 Å². The maximum absolute atomic E-state index is 12.1. The summed E-state index contributed by atoms with van der Waals surface area (Å²) in [7, 11) is 0. The average Bonchev–Trinajstić information content (AvgIpc) is 2.48. The Kier molecular flexibility index (Phi) is 4.44. The molecule has 1 N–H and O–H groups in total. The molecule has 0 amide bonds. The second kappa shape index (κ2) is 5.19. The van der Waals surface area contributed by atoms with Crippen molar-refractivity contribution in [3.8, 4) is 0 Å². The van der Waals surface area contributed by atoms with Crippen LogP contribution in [0.4, 0.5) is 13.2 Å². The Morgan fingerprint density at radius 2 is 2.00 bits per heavy atom. The van der Waals surface area contributed by atoms with E-state index in [1.54, 1.807) is 6.92 Å². The quantitative estimate of drug-likeness (QED) is 0.769. The highest BCUT2D eigenvalue weighted by molar-refractivity contribution is 4.84. The number of nitrogens with one attached hydrogen (secondary N) is 1. The van der Waals surface area contributed by atoms with E-state index in [-0.39, 0.29) is 0 Å². The summed E-state index contributed by atoms with van der Waals surface area (Å²) >= 11 is 0. The van der Waals surface area contributed by atoms with Gasteiger partial charge in [-0.2, -0.15) is 13.2 Å². The minimum atomic E-state index is -4.05. The largest absolute Gasteiger partial charge is 0.390 e. The highest BCUT2D eigenvalue weighted by Crippen LogP contribution is 2.29. The standard InChI is InChI=1S/C11H20F3N/c1-3-9-5-4-6-10(9)15-8(2)7-11(12,13)14/h8-10,15H,3-7H2,1-2H3. The second-order valence-corrected chi connectivity index (χ2v) is 4.59. The van der Waals surface area contributed by atoms with E-state index in [0.29, 0.717) is 12.0 Å². The van der Waals surface area contributed by atoms with Crippen molar-refractivity contribution in [2.24, 2.45) is 5.92 Å². The van der Waals surface area contributed by atoms with Crippen LogP contribution in [0.5, 0.6) is 0 Å². The summed E-state index contributed by atoms with van der Waals surface area (Å²) in [5, 5.41) is 3.12. The molecule has 0 aromatic rings. The van der Waals surface area contributed by atoms with Gasteiger partial charge in [-0.1, -0.05) is 19.8 Å². The van der Waals surface area contributed by atoms with Crippen LogP contribution >= 0.6 is 0 Å². The molecule has 3 unspecified atom stereocenters. The predicted octanol–water partition coefficient (Wildman–Crippen LogP) is 3.50. The van der Waals surface area contributed by atoms with Gasteiger partial charge in [-0.3, -0.25) is 0 Å². The molecule has 0 spiro atoms. The predicted molar refractivity (Wildman–Crippen MR) is 54.7 cm³/mol. The Hall–Kier alpha value is -0.250. The zero-order valence-electron chi connectivity index (χ0n) is 9.40. The van der Waals surface area contributed by atoms with E-state index in [1.165, 1.54) is 0 Å². The monoisotopic (exact) mass is 223 g/mol. The Labute approximate surface area is 89.4 Å². The fraction of sp³-hybridized carbons (Fsp3) is 1.00. The van der Waals surface area contributed by atoms with Crippen LogP contribution in [0.2, 0.25) is 0 Å². The fourth-order valence-electron chi connectivity index (χ4n) is 2.52. The van der Waals surface area contributed by atoms with Crippen molar-refractivity contribution in [1.82, 2.24) is 5.32 Å². The summed E-state index contributed by atoms with van der Waals surface area (Å²) in [4.78, 5) is 0. The Balaban J connectivity index is 2.34. The van der Waals surface area contributed by atoms with Gasteiger partial charge in [0.05, 0.1) is 6.42 Å². The van der Waals surface area contributed by atoms with Gasteiger partial charge >= 0.3 is 6.18 Å². The summed E-state index contributed by atoms with van der Waals surface area (Å²) in [5.74, 6) is 0.570. The molecule has 0 aromatic carbocycles. The minimum absolute atomic E-state index is 0.298. The maximum Gasteiger partial charge on any atom is 0.390 e. The molecule has 1 aliphatic carbocycles. The highest BCUT2D eigenvalue weighted by Gasteiger charge is 2.33. The van der Waals surface area contributed by atoms with E-state index >= 15 is 0 Å². The van der Waals surface area contributed by atoms with Crippen molar-refractivity contribution < 1.29 is 13.2 Å². The first-order valence-electron chi connectivity index (χ1n) is 5.75. The zero-order valence-corrected chi connectivity index (χ0v) is 9.40. The fourth-order valence-corrected chi connectivity index (χ4v) is 2.52. The molecule has 90 valence electrons. The normalized spacial score (nSPS) is 29.4. The lowest BCUT2D eigenvalue weighted by molar-refractivity contribution is -0.139. The van der Waals surface area contributed by atoms with Crippen LogP contribution in [0.3, 0.4) is 0 Å². The molecular weight excluding hydrogens is 203 g/mol. The zero-order chi connectivity index (χ0) is 11.5. The van der Waals surface area contributed by atoms with E-state index in [4.69, 9.17) is 0 Å². The molecule has 1 fully saturated rings. The van der Waals surface area contributed by atoms with Gasteiger partial charge in [-0.25, -0.2) is 0 Å². The van der Waals surface area contributed by atoms with Crippen LogP contribution in [-0.2, 0) is 0 Å². The van der Waals surface area contributed by atoms with E-state index in [9.17, 15) is 13.2 Å². The van der Waals surface area contributed by atoms with Crippen molar-refractivity contribution in [1.29, 1.82) is 0 Å². The number of hydrogen-bond acceptors (Lipinski definition) is 1. The van der Waals surface area contributed by atoms with Gasteiger partial charge in [-0.05, 0) is 25.7 Å². The number of alkyl halides is 3. The summed E-state index contributed by atoms with van der Waals surface area (Å²) in [5.41, 5.74) is 0. The lowest BCUT2D eigenvalue weighted by atomic mass is 9.99. The Morgan fingerprint density at radius 1 is 1.33 bits per heavy atom. The van der Waals surface area contributed by atoms with Crippen LogP contribution < -0.4 is 5.32 Å². The number of rotatable bonds is 4. The third-order valence-electron chi connectivity index (χ3n) is 3.22. The molecule has 1 rings (SSSR count). The molecule has 0 radical (unpaired) electrons. The molecule has 0 aliphatic heterocycles. The van der Waals surface area contributed by atoms with Gasteiger partial charge in [0.15, 0.2) is 0 Å². The third-order valence-corrected chi connectivity index (χ3v) is 3.22. The Morgan fingerprint density at radius 3 is 2.53 bits per heavy atom. The van der Waals surface area contributed by atoms with Gasteiger partial charge in [0.1, 0.15) is 0 Å². The number of hydrogen-bond donors (Lipinski definition) is 1. The van der Waals surface area contributed by atoms with Gasteiger partial charge in [0.25, 0.3) is 0 Å². The van der Waals surface area contributed by atoms with Crippen molar-refractivity contribution in [2.45, 2.75) is 64.2 Å². The van der Waals surface area contributed by atoms with Gasteiger partial charge in [0.2, 0.25) is 0 Å². The third kappa shape index (κ3) is 4.41. The molecule has 1 aliphatic rings. The molecule has 15 heavy (non-hydrogen) atoms. The molecule has 0 bridgehead atoms. The second-order valence-electron chi connectivity index (χ2n) is 4.59. The molecule has 3 atom stereocenters. The van der Waals surface area contributed by atoms with Crippen LogP contribution in [0.25, 0.3) is 0 Å². The summed E-state index contributed by atoms with van der Waals surface area (Å²) < 4.78 is 36.4. The Bertz CT molecular complexity index is 191. The molecule has 1 nitrogen and oxygen atoms in total. The summed E-state index contributed by atoms with van der Waals surface area (Å²) in [6.07, 6.45) is -0.369. The lowest BCUT2D eigenvalue weighted by Crippen LogP contribution is -2.40. The van der Waals surface area contributed by atoms with Crippen LogP contribution in [-0.4, -0.2) is 18.3 Å². The first kappa shape index (κ1) is 12.8. The van der Waals surface area contributed by atoms with Crippen molar-refractivity contribution in [3.63, 3.8) is 0 Å². The van der Waals surface area contributed by atoms with Crippen LogP contribution in [0.1, 0.15) is 46.0 Å². The molecule has 0 heterocycles. The molecule has 4 heteroatoms. The lowest BCUT2D eigenvalue weighted by Gasteiger charge is -2.24. The molecule has 0 saturated heterocycles. The van der Waals surface area contributed by atoms with Crippen molar-refractivity contribution in [3.05, 3.63) is 0 Å². The van der Waals surface area contributed by atoms with Gasteiger partial charge in [-0.15, -0.1) is 0 Å². The van der Waals surface area contributed by atoms with Gasteiger partial charge in [0, 0.05) is 12.1 Å². The smallest absolute Gasteiger partial charge is 0.311 e. The average molecular weight is 223 g/mol. The number of halogens is 3. The van der Waals surface area contributed by atoms with E-state index in [1.807, 2.05) is 0 Å². The molecule has 0 aromatic heterocycles. The molecular formula is C11H20F3N. The first-order chi connectivity index (χ1) is 6.92. The highest BCUT2D eigenvalue weighted by atomic mass is 19.4. The van der Waals surface area contributed by atoms with Crippen molar-refractivity contribution >= 4 is 0 Å². The van der Waals surface area contributed by atoms with Gasteiger partial charge < -0.3 is 5.32 Å². The van der Waals surface area contributed by atoms with Crippen LogP contribution in [0.15, 0.2) is 0 Å². The van der Waals surface area contributed by atoms with E-state index < -0.39 is 18.6 Å². The SMILES string of the molecule is CCC1CCCC1NC(C)CC(F)(F)F. The summed E-state index contributed by atoms with van der Waals surface area (Å²) in [6, 6.07) is -0.158. The summed E-state index contributed by atoms with van der Waals surface area (Å²) in [6.45, 7) is 3.73. The van der Waals surface area contributed by atoms with Crippen LogP contribution in [0, 0.1) is 5.92 Å². The van der Waals surface area contributed by atoms with E-state index in [0.717, 1.165) is 25.7 Å². The minimum Gasteiger partial charge on any atom is -0.311 e. The van der Waals surface area contributed by atoms with E-state index in [2.05, 4.69) is 12.2 Å². The van der Waals surface area contributed by atoms with Crippen molar-refractivity contribution in [2.75, 3.05) is 0 Å².